The zero-order valence-corrected chi connectivity index (χ0v) is 36.3. The summed E-state index contributed by atoms with van der Waals surface area (Å²) in [5.74, 6) is 1.86. The average molecular weight is 860 g/mol. The van der Waals surface area contributed by atoms with Crippen molar-refractivity contribution < 1.29 is 4.42 Å². The summed E-state index contributed by atoms with van der Waals surface area (Å²) < 4.78 is 9.38. The fourth-order valence-electron chi connectivity index (χ4n) is 9.52. The van der Waals surface area contributed by atoms with Crippen LogP contribution in [0.1, 0.15) is 0 Å². The normalized spacial score (nSPS) is 11.6. The van der Waals surface area contributed by atoms with Crippen LogP contribution in [0.25, 0.3) is 132 Å². The van der Waals surface area contributed by atoms with E-state index in [0.717, 1.165) is 82.8 Å². The van der Waals surface area contributed by atoms with Crippen LogP contribution in [0.3, 0.4) is 0 Å². The van der Waals surface area contributed by atoms with Crippen molar-refractivity contribution in [1.29, 1.82) is 0 Å². The smallest absolute Gasteiger partial charge is 0.164 e. The molecule has 5 heteroatoms. The third kappa shape index (κ3) is 6.48. The number of nitrogens with zero attached hydrogens (tertiary/aromatic N) is 3. The minimum absolute atomic E-state index is 0.613. The van der Waals surface area contributed by atoms with Gasteiger partial charge in [0, 0.05) is 58.6 Å². The van der Waals surface area contributed by atoms with Gasteiger partial charge in [0.1, 0.15) is 11.2 Å². The largest absolute Gasteiger partial charge is 0.455 e. The summed E-state index contributed by atoms with van der Waals surface area (Å²) in [4.78, 5) is 15.3. The van der Waals surface area contributed by atoms with Crippen molar-refractivity contribution in [1.82, 2.24) is 15.0 Å². The van der Waals surface area contributed by atoms with Crippen LogP contribution in [0.4, 0.5) is 0 Å². The van der Waals surface area contributed by atoms with E-state index in [2.05, 4.69) is 212 Å². The number of fused-ring (bicyclic) bond motifs is 8. The second-order valence-electron chi connectivity index (χ2n) is 16.7. The molecule has 0 N–H and O–H groups in total. The van der Waals surface area contributed by atoms with E-state index in [-0.39, 0.29) is 0 Å². The number of thiophene rings is 1. The van der Waals surface area contributed by atoms with Gasteiger partial charge < -0.3 is 4.42 Å². The monoisotopic (exact) mass is 859 g/mol. The molecule has 0 radical (unpaired) electrons. The molecule has 66 heavy (non-hydrogen) atoms. The number of furan rings is 1. The highest BCUT2D eigenvalue weighted by molar-refractivity contribution is 7.26. The van der Waals surface area contributed by atoms with Crippen molar-refractivity contribution in [2.75, 3.05) is 0 Å². The van der Waals surface area contributed by atoms with Crippen LogP contribution in [0.5, 0.6) is 0 Å². The van der Waals surface area contributed by atoms with E-state index in [0.29, 0.717) is 17.5 Å². The number of aromatic nitrogens is 3. The van der Waals surface area contributed by atoms with Gasteiger partial charge in [-0.3, -0.25) is 0 Å². The maximum absolute atomic E-state index is 6.80. The van der Waals surface area contributed by atoms with E-state index in [1.807, 2.05) is 23.5 Å². The molecule has 0 unspecified atom stereocenters. The predicted molar refractivity (Wildman–Crippen MR) is 276 cm³/mol. The van der Waals surface area contributed by atoms with Gasteiger partial charge in [-0.1, -0.05) is 206 Å². The van der Waals surface area contributed by atoms with Gasteiger partial charge >= 0.3 is 0 Å². The number of rotatable bonds is 7. The van der Waals surface area contributed by atoms with E-state index >= 15 is 0 Å². The maximum atomic E-state index is 6.80. The van der Waals surface area contributed by atoms with E-state index in [1.165, 1.54) is 31.3 Å². The topological polar surface area (TPSA) is 51.8 Å². The lowest BCUT2D eigenvalue weighted by Crippen LogP contribution is -2.00. The molecule has 0 spiro atoms. The molecular formula is C61H37N3OS. The Morgan fingerprint density at radius 2 is 0.758 bits per heavy atom. The predicted octanol–water partition coefficient (Wildman–Crippen LogP) is 17.0. The Labute approximate surface area is 384 Å². The van der Waals surface area contributed by atoms with Gasteiger partial charge in [0.25, 0.3) is 0 Å². The molecule has 13 aromatic rings. The third-order valence-electron chi connectivity index (χ3n) is 12.8. The minimum atomic E-state index is 0.613. The van der Waals surface area contributed by atoms with Gasteiger partial charge in [-0.05, 0) is 62.5 Å². The van der Waals surface area contributed by atoms with Gasteiger partial charge in [0.05, 0.1) is 0 Å². The van der Waals surface area contributed by atoms with Gasteiger partial charge in [-0.2, -0.15) is 0 Å². The minimum Gasteiger partial charge on any atom is -0.455 e. The highest BCUT2D eigenvalue weighted by Gasteiger charge is 2.20. The van der Waals surface area contributed by atoms with Gasteiger partial charge in [-0.15, -0.1) is 11.3 Å². The summed E-state index contributed by atoms with van der Waals surface area (Å²) >= 11 is 1.86. The van der Waals surface area contributed by atoms with Crippen LogP contribution in [-0.4, -0.2) is 15.0 Å². The molecule has 0 atom stereocenters. The van der Waals surface area contributed by atoms with Crippen LogP contribution in [0, 0.1) is 0 Å². The summed E-state index contributed by atoms with van der Waals surface area (Å²) in [7, 11) is 0. The van der Waals surface area contributed by atoms with Gasteiger partial charge in [-0.25, -0.2) is 15.0 Å². The molecule has 0 bridgehead atoms. The fraction of sp³-hybridized carbons (Fsp3) is 0. The summed E-state index contributed by atoms with van der Waals surface area (Å²) in [5.41, 5.74) is 13.8. The first-order valence-electron chi connectivity index (χ1n) is 22.2. The molecule has 0 saturated heterocycles. The Morgan fingerprint density at radius 1 is 0.303 bits per heavy atom. The first-order chi connectivity index (χ1) is 32.7. The molecule has 308 valence electrons. The standard InChI is InChI=1S/C61H37N3OS/c1-3-13-38(14-4-1)40-25-31-43(32-26-40)59-62-60(44-33-27-41(28-34-44)39-15-5-2-6-16-39)64-61(63-59)45-35-29-42(30-36-45)52-37-53-56-48(20-12-23-54(56)65-57(53)49-19-8-7-17-46(49)52)51-22-11-21-50-47-18-9-10-24-55(47)66-58(50)51/h1-37H. The Balaban J connectivity index is 0.931. The quantitative estimate of drug-likeness (QED) is 0.160. The highest BCUT2D eigenvalue weighted by atomic mass is 32.1. The first-order valence-corrected chi connectivity index (χ1v) is 23.0. The van der Waals surface area contributed by atoms with Crippen LogP contribution < -0.4 is 0 Å². The Hall–Kier alpha value is -8.51. The lowest BCUT2D eigenvalue weighted by molar-refractivity contribution is 0.673. The summed E-state index contributed by atoms with van der Waals surface area (Å²) in [6.07, 6.45) is 0. The number of hydrogen-bond donors (Lipinski definition) is 0. The molecular weight excluding hydrogens is 823 g/mol. The maximum Gasteiger partial charge on any atom is 0.164 e. The number of hydrogen-bond acceptors (Lipinski definition) is 5. The van der Waals surface area contributed by atoms with Crippen LogP contribution in [0.2, 0.25) is 0 Å². The van der Waals surface area contributed by atoms with E-state index < -0.39 is 0 Å². The van der Waals surface area contributed by atoms with E-state index in [1.54, 1.807) is 0 Å². The van der Waals surface area contributed by atoms with Crippen molar-refractivity contribution in [2.45, 2.75) is 0 Å². The van der Waals surface area contributed by atoms with E-state index in [4.69, 9.17) is 19.4 Å². The SMILES string of the molecule is c1ccc(-c2ccc(-c3nc(-c4ccc(-c5ccccc5)cc4)nc(-c4ccc(-c5cc6c(oc7cccc(-c8cccc9c8sc8ccccc89)c76)c6ccccc56)cc4)n3)cc2)cc1. The lowest BCUT2D eigenvalue weighted by Gasteiger charge is -2.11. The number of benzene rings is 10. The van der Waals surface area contributed by atoms with Crippen molar-refractivity contribution >= 4 is 64.2 Å². The first kappa shape index (κ1) is 38.0. The summed E-state index contributed by atoms with van der Waals surface area (Å²) in [6.45, 7) is 0. The van der Waals surface area contributed by atoms with Crippen molar-refractivity contribution in [2.24, 2.45) is 0 Å². The summed E-state index contributed by atoms with van der Waals surface area (Å²) in [6, 6.07) is 79.1. The zero-order chi connectivity index (χ0) is 43.6. The highest BCUT2D eigenvalue weighted by Crippen LogP contribution is 2.46. The summed E-state index contributed by atoms with van der Waals surface area (Å²) in [5, 5.41) is 7.01. The van der Waals surface area contributed by atoms with Crippen LogP contribution in [0.15, 0.2) is 229 Å². The molecule has 0 aliphatic heterocycles. The second-order valence-corrected chi connectivity index (χ2v) is 17.7. The zero-order valence-electron chi connectivity index (χ0n) is 35.5. The third-order valence-corrected chi connectivity index (χ3v) is 14.0. The molecule has 0 amide bonds. The Kier molecular flexibility index (Phi) is 9.00. The van der Waals surface area contributed by atoms with Crippen molar-refractivity contribution in [3.8, 4) is 78.7 Å². The molecule has 13 rings (SSSR count). The van der Waals surface area contributed by atoms with Crippen molar-refractivity contribution in [3.63, 3.8) is 0 Å². The molecule has 0 fully saturated rings. The fourth-order valence-corrected chi connectivity index (χ4v) is 10.7. The van der Waals surface area contributed by atoms with Crippen molar-refractivity contribution in [3.05, 3.63) is 224 Å². The molecule has 3 heterocycles. The molecule has 4 nitrogen and oxygen atoms in total. The molecule has 0 aliphatic carbocycles. The van der Waals surface area contributed by atoms with E-state index in [9.17, 15) is 0 Å². The van der Waals surface area contributed by atoms with Gasteiger partial charge in [0.15, 0.2) is 17.5 Å². The Morgan fingerprint density at radius 3 is 1.36 bits per heavy atom. The molecule has 3 aromatic heterocycles. The Bertz CT molecular complexity index is 3850. The van der Waals surface area contributed by atoms with Crippen LogP contribution in [-0.2, 0) is 0 Å². The lowest BCUT2D eigenvalue weighted by atomic mass is 9.92. The molecule has 0 saturated carbocycles. The molecule has 10 aromatic carbocycles. The average Bonchev–Trinajstić information content (AvgIpc) is 3.98. The second kappa shape index (κ2) is 15.6. The van der Waals surface area contributed by atoms with Crippen LogP contribution >= 0.6 is 11.3 Å². The molecule has 0 aliphatic rings. The van der Waals surface area contributed by atoms with Gasteiger partial charge in [0.2, 0.25) is 0 Å².